The fraction of sp³-hybridized carbons (Fsp3) is 0.292. The Labute approximate surface area is 183 Å². The maximum atomic E-state index is 13.2. The fourth-order valence-corrected chi connectivity index (χ4v) is 4.78. The van der Waals surface area contributed by atoms with Gasteiger partial charge in [-0.05, 0) is 53.4 Å². The monoisotopic (exact) mass is 442 g/mol. The van der Waals surface area contributed by atoms with Crippen LogP contribution in [0.4, 0.5) is 4.39 Å². The van der Waals surface area contributed by atoms with Crippen molar-refractivity contribution in [3.63, 3.8) is 0 Å². The Morgan fingerprint density at radius 1 is 1.06 bits per heavy atom. The van der Waals surface area contributed by atoms with Crippen LogP contribution in [0, 0.1) is 12.7 Å². The summed E-state index contributed by atoms with van der Waals surface area (Å²) >= 11 is 1.62. The molecule has 1 unspecified atom stereocenters. The molecule has 2 heterocycles. The van der Waals surface area contributed by atoms with Gasteiger partial charge in [-0.3, -0.25) is 4.79 Å². The van der Waals surface area contributed by atoms with E-state index in [1.54, 1.807) is 29.5 Å². The molecule has 162 valence electrons. The van der Waals surface area contributed by atoms with Gasteiger partial charge >= 0.3 is 0 Å². The van der Waals surface area contributed by atoms with Crippen molar-refractivity contribution in [1.82, 2.24) is 0 Å². The van der Waals surface area contributed by atoms with Crippen LogP contribution in [0.3, 0.4) is 0 Å². The minimum Gasteiger partial charge on any atom is -0.393 e. The molecule has 4 atom stereocenters. The highest BCUT2D eigenvalue weighted by Gasteiger charge is 2.43. The number of thiophene rings is 1. The number of hydrogen-bond donors (Lipinski definition) is 3. The van der Waals surface area contributed by atoms with Crippen LogP contribution >= 0.6 is 11.3 Å². The van der Waals surface area contributed by atoms with Crippen LogP contribution in [0.25, 0.3) is 10.4 Å². The second-order valence-corrected chi connectivity index (χ2v) is 8.87. The highest BCUT2D eigenvalue weighted by atomic mass is 32.1. The molecule has 1 aliphatic rings. The molecule has 1 aromatic heterocycles. The van der Waals surface area contributed by atoms with Gasteiger partial charge in [-0.15, -0.1) is 11.3 Å². The molecule has 7 heteroatoms. The van der Waals surface area contributed by atoms with E-state index in [1.807, 2.05) is 31.2 Å². The number of ketones is 1. The molecule has 1 saturated heterocycles. The third-order valence-electron chi connectivity index (χ3n) is 5.58. The van der Waals surface area contributed by atoms with Gasteiger partial charge < -0.3 is 20.1 Å². The second kappa shape index (κ2) is 8.98. The van der Waals surface area contributed by atoms with Crippen molar-refractivity contribution in [2.75, 3.05) is 6.61 Å². The minimum absolute atomic E-state index is 0.268. The number of aryl methyl sites for hydroxylation is 1. The molecule has 1 aliphatic heterocycles. The van der Waals surface area contributed by atoms with Crippen molar-refractivity contribution in [2.45, 2.75) is 37.8 Å². The molecule has 0 radical (unpaired) electrons. The standard InChI is InChI=1S/C24H23FO5S/c1-13-2-3-15(24-23(29)22(28)21(27)19(12-26)30-24)10-16(13)11-18-8-9-20(31-18)14-4-6-17(25)7-5-14/h2-10,19,22-24,26,28-29H,11-12H2,1H3/t19-,22+,23?,24+/m1/s1. The van der Waals surface area contributed by atoms with Gasteiger partial charge in [0.05, 0.1) is 6.61 Å². The Balaban J connectivity index is 1.57. The van der Waals surface area contributed by atoms with Crippen molar-refractivity contribution >= 4 is 17.1 Å². The molecule has 0 saturated carbocycles. The SMILES string of the molecule is Cc1ccc([C@@H]2O[C@H](CO)C(=O)[C@H](O)C2O)cc1Cc1ccc(-c2ccc(F)cc2)s1. The zero-order valence-corrected chi connectivity index (χ0v) is 17.7. The van der Waals surface area contributed by atoms with E-state index in [4.69, 9.17) is 4.74 Å². The Hall–Kier alpha value is -2.42. The molecule has 2 aromatic carbocycles. The average Bonchev–Trinajstić information content (AvgIpc) is 3.23. The predicted octanol–water partition coefficient (Wildman–Crippen LogP) is 3.18. The number of carbonyl (C=O) groups excluding carboxylic acids is 1. The Bertz CT molecular complexity index is 1070. The Morgan fingerprint density at radius 3 is 2.52 bits per heavy atom. The zero-order chi connectivity index (χ0) is 22.1. The Kier molecular flexibility index (Phi) is 6.31. The first-order chi connectivity index (χ1) is 14.9. The summed E-state index contributed by atoms with van der Waals surface area (Å²) in [6, 6.07) is 16.0. The van der Waals surface area contributed by atoms with Crippen LogP contribution in [0.15, 0.2) is 54.6 Å². The lowest BCUT2D eigenvalue weighted by Gasteiger charge is -2.35. The fourth-order valence-electron chi connectivity index (χ4n) is 3.75. The number of rotatable bonds is 5. The van der Waals surface area contributed by atoms with E-state index in [1.165, 1.54) is 12.1 Å². The van der Waals surface area contributed by atoms with E-state index >= 15 is 0 Å². The molecule has 4 rings (SSSR count). The first-order valence-electron chi connectivity index (χ1n) is 9.97. The number of Topliss-reactive ketones (excluding diaryl/α,β-unsaturated/α-hetero) is 1. The smallest absolute Gasteiger partial charge is 0.195 e. The lowest BCUT2D eigenvalue weighted by molar-refractivity contribution is -0.188. The summed E-state index contributed by atoms with van der Waals surface area (Å²) in [6.07, 6.45) is -4.43. The molecule has 1 fully saturated rings. The second-order valence-electron chi connectivity index (χ2n) is 7.70. The number of hydrogen-bond acceptors (Lipinski definition) is 6. The molecular formula is C24H23FO5S. The van der Waals surface area contributed by atoms with Gasteiger partial charge in [-0.1, -0.05) is 30.3 Å². The molecule has 3 aromatic rings. The van der Waals surface area contributed by atoms with Crippen molar-refractivity contribution in [3.05, 3.63) is 82.0 Å². The summed E-state index contributed by atoms with van der Waals surface area (Å²) in [5.41, 5.74) is 3.66. The topological polar surface area (TPSA) is 87.0 Å². The largest absolute Gasteiger partial charge is 0.393 e. The van der Waals surface area contributed by atoms with Gasteiger partial charge in [-0.25, -0.2) is 4.39 Å². The van der Waals surface area contributed by atoms with Crippen molar-refractivity contribution in [3.8, 4) is 10.4 Å². The van der Waals surface area contributed by atoms with Crippen molar-refractivity contribution in [1.29, 1.82) is 0 Å². The lowest BCUT2D eigenvalue weighted by atomic mass is 9.90. The van der Waals surface area contributed by atoms with Gasteiger partial charge in [-0.2, -0.15) is 0 Å². The van der Waals surface area contributed by atoms with E-state index in [2.05, 4.69) is 0 Å². The molecule has 31 heavy (non-hydrogen) atoms. The molecular weight excluding hydrogens is 419 g/mol. The van der Waals surface area contributed by atoms with E-state index in [-0.39, 0.29) is 5.82 Å². The summed E-state index contributed by atoms with van der Waals surface area (Å²) < 4.78 is 18.8. The first kappa shape index (κ1) is 21.8. The summed E-state index contributed by atoms with van der Waals surface area (Å²) in [5, 5.41) is 29.8. The maximum absolute atomic E-state index is 13.2. The summed E-state index contributed by atoms with van der Waals surface area (Å²) in [7, 11) is 0. The molecule has 0 amide bonds. The minimum atomic E-state index is -1.60. The number of ether oxygens (including phenoxy) is 1. The van der Waals surface area contributed by atoms with E-state index in [0.717, 1.165) is 26.4 Å². The number of carbonyl (C=O) groups is 1. The van der Waals surface area contributed by atoms with E-state index in [9.17, 15) is 24.5 Å². The summed E-state index contributed by atoms with van der Waals surface area (Å²) in [4.78, 5) is 14.1. The highest BCUT2D eigenvalue weighted by molar-refractivity contribution is 7.15. The molecule has 0 spiro atoms. The maximum Gasteiger partial charge on any atom is 0.195 e. The summed E-state index contributed by atoms with van der Waals surface area (Å²) in [5.74, 6) is -0.985. The van der Waals surface area contributed by atoms with Gasteiger partial charge in [0.15, 0.2) is 5.78 Å². The average molecular weight is 443 g/mol. The summed E-state index contributed by atoms with van der Waals surface area (Å²) in [6.45, 7) is 1.43. The predicted molar refractivity (Wildman–Crippen MR) is 115 cm³/mol. The quantitative estimate of drug-likeness (QED) is 0.565. The number of benzene rings is 2. The van der Waals surface area contributed by atoms with Crippen LogP contribution < -0.4 is 0 Å². The van der Waals surface area contributed by atoms with Gasteiger partial charge in [0.25, 0.3) is 0 Å². The normalized spacial score (nSPS) is 23.8. The third kappa shape index (κ3) is 4.46. The van der Waals surface area contributed by atoms with Crippen LogP contribution in [0.5, 0.6) is 0 Å². The molecule has 5 nitrogen and oxygen atoms in total. The Morgan fingerprint density at radius 2 is 1.81 bits per heavy atom. The third-order valence-corrected chi connectivity index (χ3v) is 6.71. The van der Waals surface area contributed by atoms with E-state index < -0.39 is 36.8 Å². The molecule has 0 aliphatic carbocycles. The zero-order valence-electron chi connectivity index (χ0n) is 16.9. The number of halogens is 1. The van der Waals surface area contributed by atoms with Crippen molar-refractivity contribution in [2.24, 2.45) is 0 Å². The van der Waals surface area contributed by atoms with Gasteiger partial charge in [0, 0.05) is 16.2 Å². The molecule has 3 N–H and O–H groups in total. The number of aliphatic hydroxyl groups is 3. The lowest BCUT2D eigenvalue weighted by Crippen LogP contribution is -2.52. The highest BCUT2D eigenvalue weighted by Crippen LogP contribution is 2.34. The molecule has 0 bridgehead atoms. The van der Waals surface area contributed by atoms with Crippen LogP contribution in [0.2, 0.25) is 0 Å². The van der Waals surface area contributed by atoms with E-state index in [0.29, 0.717) is 12.0 Å². The first-order valence-corrected chi connectivity index (χ1v) is 10.8. The van der Waals surface area contributed by atoms with Crippen LogP contribution in [-0.2, 0) is 16.0 Å². The van der Waals surface area contributed by atoms with Crippen LogP contribution in [0.1, 0.15) is 27.7 Å². The van der Waals surface area contributed by atoms with Gasteiger partial charge in [0.2, 0.25) is 0 Å². The van der Waals surface area contributed by atoms with Crippen molar-refractivity contribution < 1.29 is 29.2 Å². The van der Waals surface area contributed by atoms with Gasteiger partial charge in [0.1, 0.15) is 30.2 Å². The number of aliphatic hydroxyl groups excluding tert-OH is 3. The van der Waals surface area contributed by atoms with Crippen LogP contribution in [-0.4, -0.2) is 46.0 Å².